The van der Waals surface area contributed by atoms with Gasteiger partial charge in [0, 0.05) is 23.0 Å². The molecule has 6 nitrogen and oxygen atoms in total. The molecule has 156 valence electrons. The number of carbonyl (C=O) groups is 1. The SMILES string of the molecule is CC[C@@H]1CCCCN1S(=O)(=O)c1ccc(C(=O)Nc2nc3c(s2)CCCC3)cc1. The Kier molecular flexibility index (Phi) is 6.03. The van der Waals surface area contributed by atoms with Crippen molar-refractivity contribution in [2.75, 3.05) is 11.9 Å². The van der Waals surface area contributed by atoms with Gasteiger partial charge in [-0.2, -0.15) is 4.31 Å². The number of benzene rings is 1. The minimum Gasteiger partial charge on any atom is -0.298 e. The molecule has 0 unspecified atom stereocenters. The van der Waals surface area contributed by atoms with Crippen LogP contribution in [0.15, 0.2) is 29.2 Å². The van der Waals surface area contributed by atoms with Crippen LogP contribution >= 0.6 is 11.3 Å². The quantitative estimate of drug-likeness (QED) is 0.765. The summed E-state index contributed by atoms with van der Waals surface area (Å²) in [7, 11) is -3.54. The van der Waals surface area contributed by atoms with Gasteiger partial charge in [0.15, 0.2) is 5.13 Å². The molecule has 1 saturated heterocycles. The van der Waals surface area contributed by atoms with Crippen molar-refractivity contribution >= 4 is 32.4 Å². The van der Waals surface area contributed by atoms with Crippen LogP contribution in [0, 0.1) is 0 Å². The molecular formula is C21H27N3O3S2. The lowest BCUT2D eigenvalue weighted by Crippen LogP contribution is -2.43. The van der Waals surface area contributed by atoms with Gasteiger partial charge in [-0.25, -0.2) is 13.4 Å². The van der Waals surface area contributed by atoms with Gasteiger partial charge in [0.05, 0.1) is 10.6 Å². The number of anilines is 1. The van der Waals surface area contributed by atoms with Gasteiger partial charge in [-0.1, -0.05) is 13.3 Å². The molecule has 8 heteroatoms. The second-order valence-corrected chi connectivity index (χ2v) is 10.7. The van der Waals surface area contributed by atoms with Gasteiger partial charge in [0.2, 0.25) is 10.0 Å². The summed E-state index contributed by atoms with van der Waals surface area (Å²) in [5.74, 6) is -0.260. The summed E-state index contributed by atoms with van der Waals surface area (Å²) >= 11 is 1.54. The van der Waals surface area contributed by atoms with E-state index in [9.17, 15) is 13.2 Å². The van der Waals surface area contributed by atoms with Crippen molar-refractivity contribution in [2.45, 2.75) is 69.2 Å². The van der Waals surface area contributed by atoms with E-state index in [0.29, 0.717) is 17.2 Å². The summed E-state index contributed by atoms with van der Waals surface area (Å²) in [6.45, 7) is 2.60. The Bertz CT molecular complexity index is 960. The van der Waals surface area contributed by atoms with Gasteiger partial charge in [-0.3, -0.25) is 10.1 Å². The van der Waals surface area contributed by atoms with Gasteiger partial charge in [-0.05, 0) is 69.2 Å². The van der Waals surface area contributed by atoms with Gasteiger partial charge in [0.25, 0.3) is 5.91 Å². The first-order chi connectivity index (χ1) is 14.0. The average Bonchev–Trinajstić information content (AvgIpc) is 3.16. The second kappa shape index (κ2) is 8.53. The molecule has 2 aliphatic rings. The molecule has 1 aromatic heterocycles. The number of nitrogens with zero attached hydrogens (tertiary/aromatic N) is 2. The molecule has 29 heavy (non-hydrogen) atoms. The number of thiazole rings is 1. The molecule has 1 atom stereocenters. The van der Waals surface area contributed by atoms with E-state index >= 15 is 0 Å². The highest BCUT2D eigenvalue weighted by Crippen LogP contribution is 2.30. The van der Waals surface area contributed by atoms with Crippen LogP contribution in [0.25, 0.3) is 0 Å². The standard InChI is InChI=1S/C21H27N3O3S2/c1-2-16-7-5-6-14-24(16)29(26,27)17-12-10-15(11-13-17)20(25)23-21-22-18-8-3-4-9-19(18)28-21/h10-13,16H,2-9,14H2,1H3,(H,22,23,25)/t16-/m1/s1. The van der Waals surface area contributed by atoms with Crippen molar-refractivity contribution in [1.82, 2.24) is 9.29 Å². The van der Waals surface area contributed by atoms with E-state index in [-0.39, 0.29) is 16.8 Å². The van der Waals surface area contributed by atoms with Crippen LogP contribution < -0.4 is 5.32 Å². The Labute approximate surface area is 176 Å². The summed E-state index contributed by atoms with van der Waals surface area (Å²) in [5.41, 5.74) is 1.54. The van der Waals surface area contributed by atoms with Crippen LogP contribution in [0.1, 0.15) is 66.4 Å². The number of piperidine rings is 1. The van der Waals surface area contributed by atoms with E-state index in [0.717, 1.165) is 50.6 Å². The molecule has 4 rings (SSSR count). The van der Waals surface area contributed by atoms with Gasteiger partial charge < -0.3 is 0 Å². The summed E-state index contributed by atoms with van der Waals surface area (Å²) < 4.78 is 27.7. The molecular weight excluding hydrogens is 406 g/mol. The Morgan fingerprint density at radius 1 is 1.17 bits per heavy atom. The van der Waals surface area contributed by atoms with E-state index < -0.39 is 10.0 Å². The molecule has 1 aromatic carbocycles. The Hall–Kier alpha value is -1.77. The summed E-state index contributed by atoms with van der Waals surface area (Å²) in [4.78, 5) is 18.6. The van der Waals surface area contributed by atoms with Crippen LogP contribution in [-0.2, 0) is 22.9 Å². The third-order valence-electron chi connectivity index (χ3n) is 5.83. The maximum Gasteiger partial charge on any atom is 0.257 e. The molecule has 1 amide bonds. The number of rotatable bonds is 5. The fourth-order valence-corrected chi connectivity index (χ4v) is 7.00. The number of hydrogen-bond acceptors (Lipinski definition) is 5. The number of fused-ring (bicyclic) bond motifs is 1. The van der Waals surface area contributed by atoms with Gasteiger partial charge >= 0.3 is 0 Å². The highest BCUT2D eigenvalue weighted by atomic mass is 32.2. The first kappa shape index (κ1) is 20.5. The Balaban J connectivity index is 1.48. The molecule has 1 aliphatic carbocycles. The van der Waals surface area contributed by atoms with Crippen molar-refractivity contribution in [3.63, 3.8) is 0 Å². The monoisotopic (exact) mass is 433 g/mol. The largest absolute Gasteiger partial charge is 0.298 e. The van der Waals surface area contributed by atoms with Crippen LogP contribution in [0.2, 0.25) is 0 Å². The second-order valence-electron chi connectivity index (χ2n) is 7.75. The zero-order chi connectivity index (χ0) is 20.4. The normalized spacial score (nSPS) is 20.2. The summed E-state index contributed by atoms with van der Waals surface area (Å²) in [5, 5.41) is 3.48. The fourth-order valence-electron chi connectivity index (χ4n) is 4.19. The maximum atomic E-state index is 13.1. The summed E-state index contributed by atoms with van der Waals surface area (Å²) in [6.07, 6.45) is 8.03. The highest BCUT2D eigenvalue weighted by Gasteiger charge is 2.32. The van der Waals surface area contributed by atoms with E-state index in [1.807, 2.05) is 6.92 Å². The molecule has 1 fully saturated rings. The lowest BCUT2D eigenvalue weighted by atomic mass is 10.0. The Morgan fingerprint density at radius 2 is 1.93 bits per heavy atom. The smallest absolute Gasteiger partial charge is 0.257 e. The highest BCUT2D eigenvalue weighted by molar-refractivity contribution is 7.89. The number of hydrogen-bond donors (Lipinski definition) is 1. The number of carbonyl (C=O) groups excluding carboxylic acids is 1. The van der Waals surface area contributed by atoms with Crippen molar-refractivity contribution in [3.05, 3.63) is 40.4 Å². The van der Waals surface area contributed by atoms with E-state index in [1.54, 1.807) is 39.9 Å². The van der Waals surface area contributed by atoms with Crippen LogP contribution in [0.5, 0.6) is 0 Å². The van der Waals surface area contributed by atoms with Gasteiger partial charge in [0.1, 0.15) is 0 Å². The lowest BCUT2D eigenvalue weighted by molar-refractivity contribution is 0.102. The molecule has 0 spiro atoms. The first-order valence-corrected chi connectivity index (χ1v) is 12.7. The average molecular weight is 434 g/mol. The third-order valence-corrected chi connectivity index (χ3v) is 8.87. The predicted molar refractivity (Wildman–Crippen MR) is 115 cm³/mol. The third kappa shape index (κ3) is 4.25. The molecule has 2 aromatic rings. The van der Waals surface area contributed by atoms with E-state index in [2.05, 4.69) is 10.3 Å². The molecule has 1 aliphatic heterocycles. The van der Waals surface area contributed by atoms with Gasteiger partial charge in [-0.15, -0.1) is 11.3 Å². The van der Waals surface area contributed by atoms with E-state index in [1.165, 1.54) is 11.3 Å². The number of nitrogens with one attached hydrogen (secondary N) is 1. The van der Waals surface area contributed by atoms with Crippen molar-refractivity contribution in [2.24, 2.45) is 0 Å². The Morgan fingerprint density at radius 3 is 2.66 bits per heavy atom. The number of amides is 1. The maximum absolute atomic E-state index is 13.1. The molecule has 0 radical (unpaired) electrons. The number of aromatic nitrogens is 1. The topological polar surface area (TPSA) is 79.4 Å². The van der Waals surface area contributed by atoms with Crippen LogP contribution in [0.3, 0.4) is 0 Å². The van der Waals surface area contributed by atoms with Crippen molar-refractivity contribution in [1.29, 1.82) is 0 Å². The lowest BCUT2D eigenvalue weighted by Gasteiger charge is -2.34. The molecule has 0 saturated carbocycles. The van der Waals surface area contributed by atoms with Crippen LogP contribution in [-0.4, -0.2) is 36.2 Å². The minimum atomic E-state index is -3.54. The first-order valence-electron chi connectivity index (χ1n) is 10.4. The zero-order valence-corrected chi connectivity index (χ0v) is 18.3. The summed E-state index contributed by atoms with van der Waals surface area (Å²) in [6, 6.07) is 6.31. The molecule has 1 N–H and O–H groups in total. The molecule has 0 bridgehead atoms. The van der Waals surface area contributed by atoms with Crippen LogP contribution in [0.4, 0.5) is 5.13 Å². The minimum absolute atomic E-state index is 0.0626. The molecule has 2 heterocycles. The fraction of sp³-hybridized carbons (Fsp3) is 0.524. The van der Waals surface area contributed by atoms with Crippen molar-refractivity contribution in [3.8, 4) is 0 Å². The zero-order valence-electron chi connectivity index (χ0n) is 16.7. The van der Waals surface area contributed by atoms with E-state index in [4.69, 9.17) is 0 Å². The number of sulfonamides is 1. The predicted octanol–water partition coefficient (Wildman–Crippen LogP) is 4.23. The van der Waals surface area contributed by atoms with Crippen molar-refractivity contribution < 1.29 is 13.2 Å². The number of aryl methyl sites for hydroxylation is 2.